The first kappa shape index (κ1) is 12.4. The smallest absolute Gasteiger partial charge is 0.269 e. The number of hydrogen-bond acceptors (Lipinski definition) is 4. The van der Waals surface area contributed by atoms with Crippen LogP contribution in [0, 0.1) is 10.1 Å². The lowest BCUT2D eigenvalue weighted by Gasteiger charge is -2.07. The van der Waals surface area contributed by atoms with Crippen LogP contribution in [-0.4, -0.2) is 31.1 Å². The van der Waals surface area contributed by atoms with Crippen LogP contribution in [0.1, 0.15) is 0 Å². The predicted octanol–water partition coefficient (Wildman–Crippen LogP) is -1.18. The van der Waals surface area contributed by atoms with E-state index < -0.39 is 4.92 Å². The average molecular weight is 225 g/mol. The molecular formula is C10H15N3O3. The first-order valence-electron chi connectivity index (χ1n) is 5.14. The van der Waals surface area contributed by atoms with E-state index in [2.05, 4.69) is 10.6 Å². The molecule has 0 aliphatic carbocycles. The molecule has 2 rings (SSSR count). The molecule has 16 heavy (non-hydrogen) atoms. The van der Waals surface area contributed by atoms with E-state index in [1.165, 1.54) is 38.3 Å². The minimum Gasteiger partial charge on any atom is -0.872 e. The number of nitrogens with zero attached hydrogens (tertiary/aromatic N) is 1. The van der Waals surface area contributed by atoms with Crippen LogP contribution < -0.4 is 15.7 Å². The summed E-state index contributed by atoms with van der Waals surface area (Å²) < 4.78 is 0. The van der Waals surface area contributed by atoms with Gasteiger partial charge in [0, 0.05) is 25.2 Å². The van der Waals surface area contributed by atoms with Crippen molar-refractivity contribution in [3.05, 3.63) is 34.4 Å². The molecule has 3 N–H and O–H groups in total. The van der Waals surface area contributed by atoms with E-state index in [9.17, 15) is 15.2 Å². The molecule has 6 heteroatoms. The molecule has 1 heterocycles. The predicted molar refractivity (Wildman–Crippen MR) is 57.1 cm³/mol. The molecule has 0 bridgehead atoms. The van der Waals surface area contributed by atoms with Gasteiger partial charge in [0.2, 0.25) is 0 Å². The van der Waals surface area contributed by atoms with E-state index in [0.29, 0.717) is 0 Å². The lowest BCUT2D eigenvalue weighted by molar-refractivity contribution is -0.657. The Hall–Kier alpha value is -1.66. The normalized spacial score (nSPS) is 14.8. The fourth-order valence-electron chi connectivity index (χ4n) is 1.25. The molecule has 1 aliphatic heterocycles. The molecule has 0 amide bonds. The first-order chi connectivity index (χ1) is 7.70. The molecule has 1 fully saturated rings. The Morgan fingerprint density at radius 1 is 1.19 bits per heavy atom. The highest BCUT2D eigenvalue weighted by molar-refractivity contribution is 5.34. The summed E-state index contributed by atoms with van der Waals surface area (Å²) in [5, 5.41) is 26.0. The standard InChI is InChI=1S/C6H5NO3.C4H10N2/c8-6-3-1-5(2-4-6)7(9)10;1-2-6-4-3-5-1/h1-4,8H;5-6H,1-4H2. The van der Waals surface area contributed by atoms with E-state index in [1.807, 2.05) is 0 Å². The van der Waals surface area contributed by atoms with Gasteiger partial charge in [-0.3, -0.25) is 10.1 Å². The highest BCUT2D eigenvalue weighted by atomic mass is 16.6. The van der Waals surface area contributed by atoms with Gasteiger partial charge in [-0.2, -0.15) is 0 Å². The molecule has 1 aliphatic rings. The van der Waals surface area contributed by atoms with Gasteiger partial charge in [-0.1, -0.05) is 12.1 Å². The van der Waals surface area contributed by atoms with E-state index in [0.717, 1.165) is 12.1 Å². The third-order valence-electron chi connectivity index (χ3n) is 2.10. The van der Waals surface area contributed by atoms with Gasteiger partial charge < -0.3 is 15.7 Å². The van der Waals surface area contributed by atoms with Crippen LogP contribution in [0.25, 0.3) is 0 Å². The molecular weight excluding hydrogens is 210 g/mol. The Bertz CT molecular complexity index is 311. The number of piperazine rings is 1. The molecule has 0 unspecified atom stereocenters. The number of hydrogen-bond donors (Lipinski definition) is 2. The van der Waals surface area contributed by atoms with Gasteiger partial charge in [0.05, 0.1) is 18.0 Å². The van der Waals surface area contributed by atoms with Crippen LogP contribution in [-0.2, 0) is 0 Å². The molecule has 1 aromatic carbocycles. The van der Waals surface area contributed by atoms with Crippen molar-refractivity contribution in [2.75, 3.05) is 26.2 Å². The number of nitrogens with one attached hydrogen (secondary N) is 1. The van der Waals surface area contributed by atoms with Gasteiger partial charge in [-0.25, -0.2) is 0 Å². The van der Waals surface area contributed by atoms with Crippen molar-refractivity contribution in [2.24, 2.45) is 0 Å². The van der Waals surface area contributed by atoms with Gasteiger partial charge in [0.1, 0.15) is 0 Å². The van der Waals surface area contributed by atoms with E-state index in [-0.39, 0.29) is 11.4 Å². The van der Waals surface area contributed by atoms with Gasteiger partial charge >= 0.3 is 0 Å². The fraction of sp³-hybridized carbons (Fsp3) is 0.400. The van der Waals surface area contributed by atoms with Gasteiger partial charge in [0.25, 0.3) is 5.69 Å². The third kappa shape index (κ3) is 4.72. The maximum atomic E-state index is 10.4. The second kappa shape index (κ2) is 6.76. The molecule has 88 valence electrons. The number of nitro groups is 1. The Morgan fingerprint density at radius 3 is 2.06 bits per heavy atom. The summed E-state index contributed by atoms with van der Waals surface area (Å²) in [6.07, 6.45) is 0. The Balaban J connectivity index is 0.000000181. The number of non-ortho nitro benzene ring substituents is 1. The van der Waals surface area contributed by atoms with Crippen LogP contribution in [0.5, 0.6) is 5.75 Å². The second-order valence-corrected chi connectivity index (χ2v) is 3.37. The Labute approximate surface area is 93.4 Å². The second-order valence-electron chi connectivity index (χ2n) is 3.37. The zero-order chi connectivity index (χ0) is 11.8. The van der Waals surface area contributed by atoms with Crippen molar-refractivity contribution < 1.29 is 15.3 Å². The van der Waals surface area contributed by atoms with Crippen molar-refractivity contribution in [3.8, 4) is 5.75 Å². The molecule has 1 saturated heterocycles. The van der Waals surface area contributed by atoms with Crippen molar-refractivity contribution in [3.63, 3.8) is 0 Å². The summed E-state index contributed by atoms with van der Waals surface area (Å²) in [4.78, 5) is 9.47. The van der Waals surface area contributed by atoms with Gasteiger partial charge in [0.15, 0.2) is 0 Å². The highest BCUT2D eigenvalue weighted by Crippen LogP contribution is 2.12. The Kier molecular flexibility index (Phi) is 5.24. The summed E-state index contributed by atoms with van der Waals surface area (Å²) in [5.41, 5.74) is -0.0559. The zero-order valence-electron chi connectivity index (χ0n) is 8.89. The van der Waals surface area contributed by atoms with Crippen LogP contribution in [0.2, 0.25) is 0 Å². The summed E-state index contributed by atoms with van der Waals surface area (Å²) in [6, 6.07) is 4.70. The molecule has 0 radical (unpaired) electrons. The van der Waals surface area contributed by atoms with Crippen molar-refractivity contribution in [1.29, 1.82) is 0 Å². The van der Waals surface area contributed by atoms with Crippen molar-refractivity contribution in [1.82, 2.24) is 5.32 Å². The highest BCUT2D eigenvalue weighted by Gasteiger charge is 1.99. The van der Waals surface area contributed by atoms with Crippen LogP contribution in [0.3, 0.4) is 0 Å². The van der Waals surface area contributed by atoms with E-state index >= 15 is 0 Å². The Morgan fingerprint density at radius 2 is 1.75 bits per heavy atom. The summed E-state index contributed by atoms with van der Waals surface area (Å²) in [6.45, 7) is 4.92. The summed E-state index contributed by atoms with van der Waals surface area (Å²) >= 11 is 0. The van der Waals surface area contributed by atoms with Gasteiger partial charge in [-0.15, -0.1) is 5.75 Å². The van der Waals surface area contributed by atoms with Crippen molar-refractivity contribution >= 4 is 5.69 Å². The largest absolute Gasteiger partial charge is 0.872 e. The fourth-order valence-corrected chi connectivity index (χ4v) is 1.25. The molecule has 0 atom stereocenters. The van der Waals surface area contributed by atoms with E-state index in [4.69, 9.17) is 0 Å². The molecule has 0 aromatic heterocycles. The monoisotopic (exact) mass is 225 g/mol. The maximum absolute atomic E-state index is 10.4. The first-order valence-corrected chi connectivity index (χ1v) is 5.14. The summed E-state index contributed by atoms with van der Waals surface area (Å²) in [7, 11) is 0. The third-order valence-corrected chi connectivity index (χ3v) is 2.10. The number of rotatable bonds is 1. The number of nitro benzene ring substituents is 1. The zero-order valence-corrected chi connectivity index (χ0v) is 8.89. The van der Waals surface area contributed by atoms with Crippen LogP contribution >= 0.6 is 0 Å². The average Bonchev–Trinajstić information content (AvgIpc) is 2.32. The molecule has 0 saturated carbocycles. The maximum Gasteiger partial charge on any atom is 0.269 e. The van der Waals surface area contributed by atoms with Crippen molar-refractivity contribution in [2.45, 2.75) is 0 Å². The quantitative estimate of drug-likeness (QED) is 0.464. The minimum absolute atomic E-state index is 0.0559. The number of benzene rings is 1. The van der Waals surface area contributed by atoms with Crippen LogP contribution in [0.15, 0.2) is 24.3 Å². The molecule has 1 aromatic rings. The van der Waals surface area contributed by atoms with E-state index in [1.54, 1.807) is 0 Å². The molecule has 0 spiro atoms. The number of quaternary nitrogens is 1. The summed E-state index contributed by atoms with van der Waals surface area (Å²) in [5.74, 6) is -0.217. The van der Waals surface area contributed by atoms with Crippen LogP contribution in [0.4, 0.5) is 5.69 Å². The van der Waals surface area contributed by atoms with Gasteiger partial charge in [-0.05, 0) is 0 Å². The minimum atomic E-state index is -0.542. The lowest BCUT2D eigenvalue weighted by atomic mass is 10.3. The number of nitrogens with two attached hydrogens (primary N) is 1. The topological polar surface area (TPSA) is 94.8 Å². The molecule has 6 nitrogen and oxygen atoms in total. The SMILES string of the molecule is C1C[NH2+]CCN1.O=[N+]([O-])c1ccc([O-])cc1. The lowest BCUT2D eigenvalue weighted by Crippen LogP contribution is -2.89.